The van der Waals surface area contributed by atoms with E-state index in [0.29, 0.717) is 11.6 Å². The summed E-state index contributed by atoms with van der Waals surface area (Å²) in [5.41, 5.74) is 2.25. The summed E-state index contributed by atoms with van der Waals surface area (Å²) in [5.74, 6) is -0.824. The maximum absolute atomic E-state index is 11.2. The minimum Gasteiger partial charge on any atom is -0.475 e. The first-order valence-electron chi connectivity index (χ1n) is 5.90. The van der Waals surface area contributed by atoms with E-state index in [2.05, 4.69) is 20.9 Å². The van der Waals surface area contributed by atoms with Crippen LogP contribution in [0.25, 0.3) is 11.5 Å². The molecule has 0 aliphatic carbocycles. The van der Waals surface area contributed by atoms with Gasteiger partial charge in [-0.25, -0.2) is 9.78 Å². The largest absolute Gasteiger partial charge is 0.475 e. The number of rotatable bonds is 3. The maximum Gasteiger partial charge on any atom is 0.373 e. The van der Waals surface area contributed by atoms with Crippen molar-refractivity contribution in [2.45, 2.75) is 26.7 Å². The van der Waals surface area contributed by atoms with Crippen LogP contribution in [0.15, 0.2) is 27.1 Å². The second-order valence-electron chi connectivity index (χ2n) is 4.65. The SMILES string of the molecule is Cc1ccc(Br)cc1-c1nc(C(C)C)c(C(=O)O)o1. The summed E-state index contributed by atoms with van der Waals surface area (Å²) in [7, 11) is 0. The minimum atomic E-state index is -1.09. The molecule has 0 unspecified atom stereocenters. The molecular formula is C14H14BrNO3. The molecule has 1 aromatic heterocycles. The van der Waals surface area contributed by atoms with E-state index in [1.807, 2.05) is 39.0 Å². The van der Waals surface area contributed by atoms with Crippen LogP contribution in [0.2, 0.25) is 0 Å². The number of hydrogen-bond acceptors (Lipinski definition) is 3. The molecule has 0 atom stereocenters. The van der Waals surface area contributed by atoms with Crippen LogP contribution in [-0.2, 0) is 0 Å². The Kier molecular flexibility index (Phi) is 3.75. The number of carbonyl (C=O) groups is 1. The highest BCUT2D eigenvalue weighted by molar-refractivity contribution is 9.10. The number of carboxylic acid groups (broad SMARTS) is 1. The second kappa shape index (κ2) is 5.17. The summed E-state index contributed by atoms with van der Waals surface area (Å²) in [6.07, 6.45) is 0. The van der Waals surface area contributed by atoms with Gasteiger partial charge in [0.25, 0.3) is 0 Å². The molecule has 0 bridgehead atoms. The average Bonchev–Trinajstić information content (AvgIpc) is 2.77. The smallest absolute Gasteiger partial charge is 0.373 e. The van der Waals surface area contributed by atoms with Gasteiger partial charge < -0.3 is 9.52 Å². The number of nitrogens with zero attached hydrogens (tertiary/aromatic N) is 1. The molecule has 4 nitrogen and oxygen atoms in total. The number of halogens is 1. The molecule has 1 N–H and O–H groups in total. The molecule has 0 fully saturated rings. The Labute approximate surface area is 119 Å². The van der Waals surface area contributed by atoms with Crippen molar-refractivity contribution in [2.75, 3.05) is 0 Å². The van der Waals surface area contributed by atoms with Crippen LogP contribution in [0.4, 0.5) is 0 Å². The predicted octanol–water partition coefficient (Wildman–Crippen LogP) is 4.23. The molecule has 0 radical (unpaired) electrons. The predicted molar refractivity (Wildman–Crippen MR) is 75.4 cm³/mol. The molecular weight excluding hydrogens is 310 g/mol. The van der Waals surface area contributed by atoms with Crippen molar-refractivity contribution in [2.24, 2.45) is 0 Å². The van der Waals surface area contributed by atoms with Crippen LogP contribution in [0.3, 0.4) is 0 Å². The van der Waals surface area contributed by atoms with Gasteiger partial charge in [0.05, 0.1) is 5.69 Å². The zero-order valence-electron chi connectivity index (χ0n) is 10.9. The Morgan fingerprint density at radius 2 is 2.11 bits per heavy atom. The molecule has 100 valence electrons. The quantitative estimate of drug-likeness (QED) is 0.917. The van der Waals surface area contributed by atoms with E-state index in [4.69, 9.17) is 9.52 Å². The maximum atomic E-state index is 11.2. The number of benzene rings is 1. The van der Waals surface area contributed by atoms with E-state index in [1.54, 1.807) is 0 Å². The number of aromatic nitrogens is 1. The molecule has 19 heavy (non-hydrogen) atoms. The van der Waals surface area contributed by atoms with Gasteiger partial charge in [-0.3, -0.25) is 0 Å². The zero-order valence-corrected chi connectivity index (χ0v) is 12.5. The second-order valence-corrected chi connectivity index (χ2v) is 5.57. The monoisotopic (exact) mass is 323 g/mol. The van der Waals surface area contributed by atoms with Gasteiger partial charge in [-0.1, -0.05) is 35.8 Å². The first-order chi connectivity index (χ1) is 8.90. The number of aryl methyl sites for hydroxylation is 1. The third-order valence-corrected chi connectivity index (χ3v) is 3.32. The lowest BCUT2D eigenvalue weighted by Crippen LogP contribution is -2.01. The number of carboxylic acids is 1. The molecule has 0 spiro atoms. The summed E-state index contributed by atoms with van der Waals surface area (Å²) >= 11 is 3.39. The van der Waals surface area contributed by atoms with Gasteiger partial charge in [0.1, 0.15) is 0 Å². The van der Waals surface area contributed by atoms with Crippen molar-refractivity contribution < 1.29 is 14.3 Å². The Hall–Kier alpha value is -1.62. The van der Waals surface area contributed by atoms with Crippen molar-refractivity contribution in [1.82, 2.24) is 4.98 Å². The van der Waals surface area contributed by atoms with E-state index >= 15 is 0 Å². The number of aromatic carboxylic acids is 1. The molecule has 5 heteroatoms. The summed E-state index contributed by atoms with van der Waals surface area (Å²) < 4.78 is 6.33. The lowest BCUT2D eigenvalue weighted by molar-refractivity contribution is 0.0661. The lowest BCUT2D eigenvalue weighted by atomic mass is 10.1. The average molecular weight is 324 g/mol. The third kappa shape index (κ3) is 2.71. The summed E-state index contributed by atoms with van der Waals surface area (Å²) in [4.78, 5) is 15.5. The van der Waals surface area contributed by atoms with Crippen LogP contribution < -0.4 is 0 Å². The van der Waals surface area contributed by atoms with E-state index < -0.39 is 5.97 Å². The van der Waals surface area contributed by atoms with Gasteiger partial charge in [-0.2, -0.15) is 0 Å². The molecule has 2 aromatic rings. The molecule has 0 amide bonds. The van der Waals surface area contributed by atoms with Gasteiger partial charge in [-0.15, -0.1) is 0 Å². The first kappa shape index (κ1) is 13.8. The van der Waals surface area contributed by atoms with Gasteiger partial charge >= 0.3 is 5.97 Å². The van der Waals surface area contributed by atoms with Crippen molar-refractivity contribution in [3.63, 3.8) is 0 Å². The minimum absolute atomic E-state index is 0.00365. The molecule has 2 rings (SSSR count). The Morgan fingerprint density at radius 3 is 2.63 bits per heavy atom. The van der Waals surface area contributed by atoms with Crippen molar-refractivity contribution in [3.05, 3.63) is 39.7 Å². The third-order valence-electron chi connectivity index (χ3n) is 2.82. The van der Waals surface area contributed by atoms with Crippen LogP contribution in [-0.4, -0.2) is 16.1 Å². The fourth-order valence-corrected chi connectivity index (χ4v) is 2.18. The zero-order chi connectivity index (χ0) is 14.2. The highest BCUT2D eigenvalue weighted by Crippen LogP contribution is 2.30. The molecule has 0 aliphatic heterocycles. The summed E-state index contributed by atoms with van der Waals surface area (Å²) in [6.45, 7) is 5.71. The van der Waals surface area contributed by atoms with Crippen LogP contribution in [0.5, 0.6) is 0 Å². The van der Waals surface area contributed by atoms with Gasteiger partial charge in [0, 0.05) is 10.0 Å². The summed E-state index contributed by atoms with van der Waals surface area (Å²) in [6, 6.07) is 5.72. The fraction of sp³-hybridized carbons (Fsp3) is 0.286. The highest BCUT2D eigenvalue weighted by atomic mass is 79.9. The molecule has 1 aromatic carbocycles. The van der Waals surface area contributed by atoms with E-state index in [0.717, 1.165) is 15.6 Å². The molecule has 0 saturated heterocycles. The fourth-order valence-electron chi connectivity index (χ4n) is 1.82. The molecule has 0 aliphatic rings. The topological polar surface area (TPSA) is 63.3 Å². The van der Waals surface area contributed by atoms with E-state index in [-0.39, 0.29) is 11.7 Å². The van der Waals surface area contributed by atoms with E-state index in [9.17, 15) is 4.79 Å². The molecule has 0 saturated carbocycles. The lowest BCUT2D eigenvalue weighted by Gasteiger charge is -2.01. The first-order valence-corrected chi connectivity index (χ1v) is 6.70. The van der Waals surface area contributed by atoms with Gasteiger partial charge in [0.15, 0.2) is 0 Å². The van der Waals surface area contributed by atoms with Crippen LogP contribution >= 0.6 is 15.9 Å². The standard InChI is InChI=1S/C14H14BrNO3/c1-7(2)11-12(14(17)18)19-13(16-11)10-6-9(15)5-4-8(10)3/h4-7H,1-3H3,(H,17,18). The number of hydrogen-bond donors (Lipinski definition) is 1. The van der Waals surface area contributed by atoms with E-state index in [1.165, 1.54) is 0 Å². The normalized spacial score (nSPS) is 11.0. The van der Waals surface area contributed by atoms with Crippen LogP contribution in [0.1, 0.15) is 41.6 Å². The van der Waals surface area contributed by atoms with Crippen molar-refractivity contribution in [1.29, 1.82) is 0 Å². The Balaban J connectivity index is 2.60. The van der Waals surface area contributed by atoms with Gasteiger partial charge in [-0.05, 0) is 30.5 Å². The molecule has 1 heterocycles. The number of oxazole rings is 1. The van der Waals surface area contributed by atoms with Crippen molar-refractivity contribution >= 4 is 21.9 Å². The highest BCUT2D eigenvalue weighted by Gasteiger charge is 2.23. The van der Waals surface area contributed by atoms with Gasteiger partial charge in [0.2, 0.25) is 11.7 Å². The Morgan fingerprint density at radius 1 is 1.42 bits per heavy atom. The van der Waals surface area contributed by atoms with Crippen molar-refractivity contribution in [3.8, 4) is 11.5 Å². The summed E-state index contributed by atoms with van der Waals surface area (Å²) in [5, 5.41) is 9.16. The Bertz CT molecular complexity index is 632. The van der Waals surface area contributed by atoms with Crippen LogP contribution in [0, 0.1) is 6.92 Å².